The largest absolute Gasteiger partial charge is 0.477 e. The number of nitrogens with two attached hydrogens (primary N) is 1. The van der Waals surface area contributed by atoms with Gasteiger partial charge in [0.05, 0.1) is 12.1 Å². The van der Waals surface area contributed by atoms with Crippen molar-refractivity contribution in [3.8, 4) is 22.5 Å². The number of aliphatic carboxylic acids is 1. The number of carbonyl (C=O) groups is 3. The van der Waals surface area contributed by atoms with Crippen LogP contribution < -0.4 is 21.7 Å². The minimum Gasteiger partial charge on any atom is -0.477 e. The first-order valence-electron chi connectivity index (χ1n) is 19.7. The van der Waals surface area contributed by atoms with Gasteiger partial charge in [-0.1, -0.05) is 30.3 Å². The second-order valence-corrected chi connectivity index (χ2v) is 15.6. The zero-order chi connectivity index (χ0) is 42.5. The maximum Gasteiger partial charge on any atom is 0.411 e. The van der Waals surface area contributed by atoms with Crippen molar-refractivity contribution in [2.24, 2.45) is 17.6 Å². The van der Waals surface area contributed by atoms with Crippen LogP contribution in [0.3, 0.4) is 0 Å². The molecule has 3 aromatic carbocycles. The number of aromatic nitrogens is 3. The number of alkyl halides is 4. The van der Waals surface area contributed by atoms with Gasteiger partial charge in [-0.2, -0.15) is 22.7 Å². The number of halogens is 4. The first-order chi connectivity index (χ1) is 28.0. The van der Waals surface area contributed by atoms with Gasteiger partial charge in [0, 0.05) is 22.9 Å². The molecule has 2 amide bonds. The van der Waals surface area contributed by atoms with E-state index in [1.165, 1.54) is 24.3 Å². The van der Waals surface area contributed by atoms with E-state index in [1.807, 2.05) is 43.3 Å². The third-order valence-corrected chi connectivity index (χ3v) is 11.4. The van der Waals surface area contributed by atoms with Gasteiger partial charge < -0.3 is 31.7 Å². The summed E-state index contributed by atoms with van der Waals surface area (Å²) in [7, 11) is 0. The minimum atomic E-state index is -5.43. The Labute approximate surface area is 338 Å². The van der Waals surface area contributed by atoms with E-state index in [1.54, 1.807) is 11.2 Å². The number of carbonyl (C=O) groups excluding carboxylic acids is 2. The number of aliphatic hydroxyl groups excluding tert-OH is 2. The molecule has 1 unspecified atom stereocenters. The highest BCUT2D eigenvalue weighted by atomic mass is 19.3. The molecule has 2 saturated carbocycles. The van der Waals surface area contributed by atoms with E-state index in [0.717, 1.165) is 60.8 Å². The van der Waals surface area contributed by atoms with E-state index in [9.17, 15) is 42.2 Å². The molecular formula is C42H49F4N7O6. The first-order valence-corrected chi connectivity index (χ1v) is 19.7. The molecule has 4 aromatic rings. The molecule has 2 aliphatic carbocycles. The van der Waals surface area contributed by atoms with Crippen LogP contribution >= 0.6 is 0 Å². The summed E-state index contributed by atoms with van der Waals surface area (Å²) >= 11 is 0. The molecule has 13 nitrogen and oxygen atoms in total. The molecule has 0 radical (unpaired) electrons. The van der Waals surface area contributed by atoms with Gasteiger partial charge in [-0.15, -0.1) is 0 Å². The molecule has 17 heteroatoms. The summed E-state index contributed by atoms with van der Waals surface area (Å²) in [6, 6.07) is 17.9. The summed E-state index contributed by atoms with van der Waals surface area (Å²) in [5.41, 5.74) is 10.4. The van der Waals surface area contributed by atoms with Crippen molar-refractivity contribution in [3.05, 3.63) is 89.2 Å². The minimum absolute atomic E-state index is 0.0348. The highest BCUT2D eigenvalue weighted by Crippen LogP contribution is 2.42. The van der Waals surface area contributed by atoms with E-state index in [4.69, 9.17) is 10.8 Å². The van der Waals surface area contributed by atoms with Crippen molar-refractivity contribution in [1.82, 2.24) is 25.8 Å². The summed E-state index contributed by atoms with van der Waals surface area (Å²) in [6.45, 7) is 2.51. The van der Waals surface area contributed by atoms with Crippen LogP contribution in [0.15, 0.2) is 66.7 Å². The van der Waals surface area contributed by atoms with Crippen molar-refractivity contribution in [1.29, 1.82) is 0 Å². The number of nitrogens with one attached hydrogen (secondary N) is 4. The van der Waals surface area contributed by atoms with Gasteiger partial charge in [-0.25, -0.2) is 9.78 Å². The molecule has 0 saturated heterocycles. The number of carboxylic acids is 1. The van der Waals surface area contributed by atoms with Crippen molar-refractivity contribution in [2.45, 2.75) is 101 Å². The number of hydrogen-bond donors (Lipinski definition) is 8. The quantitative estimate of drug-likeness (QED) is 0.0556. The van der Waals surface area contributed by atoms with Crippen molar-refractivity contribution in [2.75, 3.05) is 11.9 Å². The fraction of sp³-hybridized carbons (Fsp3) is 0.452. The topological polar surface area (TPSA) is 216 Å². The molecule has 9 N–H and O–H groups in total. The van der Waals surface area contributed by atoms with E-state index in [-0.39, 0.29) is 36.0 Å². The molecule has 2 aliphatic rings. The highest BCUT2D eigenvalue weighted by Gasteiger charge is 2.65. The Hall–Kier alpha value is -5.23. The Kier molecular flexibility index (Phi) is 13.5. The molecule has 6 rings (SSSR count). The predicted molar refractivity (Wildman–Crippen MR) is 210 cm³/mol. The molecule has 316 valence electrons. The van der Waals surface area contributed by atoms with E-state index < -0.39 is 47.6 Å². The van der Waals surface area contributed by atoms with Crippen molar-refractivity contribution >= 4 is 23.5 Å². The zero-order valence-electron chi connectivity index (χ0n) is 32.4. The first kappa shape index (κ1) is 43.4. The van der Waals surface area contributed by atoms with E-state index in [2.05, 4.69) is 26.0 Å². The van der Waals surface area contributed by atoms with E-state index >= 15 is 0 Å². The number of aromatic amines is 1. The Balaban J connectivity index is 1.14. The third-order valence-electron chi connectivity index (χ3n) is 11.4. The van der Waals surface area contributed by atoms with Gasteiger partial charge in [-0.3, -0.25) is 20.0 Å². The van der Waals surface area contributed by atoms with Crippen LogP contribution in [0.25, 0.3) is 22.5 Å². The fourth-order valence-electron chi connectivity index (χ4n) is 7.73. The number of aliphatic hydroxyl groups is 2. The van der Waals surface area contributed by atoms with Crippen LogP contribution in [0.5, 0.6) is 0 Å². The number of anilines is 1. The number of nitrogens with zero attached hydrogens (tertiary/aromatic N) is 2. The number of benzene rings is 3. The summed E-state index contributed by atoms with van der Waals surface area (Å²) < 4.78 is 55.9. The van der Waals surface area contributed by atoms with Gasteiger partial charge in [0.25, 0.3) is 5.91 Å². The Bertz CT molecular complexity index is 2080. The number of hydrogen-bond acceptors (Lipinski definition) is 9. The molecule has 2 fully saturated rings. The second-order valence-electron chi connectivity index (χ2n) is 15.6. The summed E-state index contributed by atoms with van der Waals surface area (Å²) in [5.74, 6) is -16.0. The van der Waals surface area contributed by atoms with E-state index in [0.29, 0.717) is 36.6 Å². The average Bonchev–Trinajstić information content (AvgIpc) is 3.73. The molecule has 0 bridgehead atoms. The number of amides is 2. The Morgan fingerprint density at radius 1 is 0.898 bits per heavy atom. The van der Waals surface area contributed by atoms with Gasteiger partial charge in [-0.05, 0) is 142 Å². The van der Waals surface area contributed by atoms with Crippen molar-refractivity contribution in [3.63, 3.8) is 0 Å². The molecule has 0 spiro atoms. The van der Waals surface area contributed by atoms with Crippen LogP contribution in [-0.2, 0) is 21.9 Å². The number of H-pyrrole nitrogens is 1. The Morgan fingerprint density at radius 3 is 2.15 bits per heavy atom. The van der Waals surface area contributed by atoms with Gasteiger partial charge >= 0.3 is 17.8 Å². The van der Waals surface area contributed by atoms with Gasteiger partial charge in [0.2, 0.25) is 11.7 Å². The predicted octanol–water partition coefficient (Wildman–Crippen LogP) is 5.52. The number of carboxylic acid groups (broad SMARTS) is 1. The van der Waals surface area contributed by atoms with Crippen molar-refractivity contribution < 1.29 is 47.3 Å². The van der Waals surface area contributed by atoms with Crippen LogP contribution in [0.4, 0.5) is 23.2 Å². The number of rotatable bonds is 15. The lowest BCUT2D eigenvalue weighted by Crippen LogP contribution is -2.50. The summed E-state index contributed by atoms with van der Waals surface area (Å²) in [5, 5.41) is 43.9. The standard InChI is InChI=1S/C42H49F4N7O6/c1-23-20-29(37(56)48-31-15-17-32(54)18-16-31)12-19-33(23)26-6-2-24(3-7-26)21-34(50-36(55)28-8-4-25(22-47)5-9-28)38(57)49-30-13-10-27(11-14-30)35-51-39(53-52-35)41(43,44)42(45,46)40(58)59/h2-3,6-7,10-14,19-20,25,28,31-32,34,36,50,54-55H,4-5,8-9,15-18,21-22,47H2,1H3,(H,48,56)(H,49,57)(H,58,59)(H,51,52,53)/t25?,28?,31?,32?,34-,36?/m0/s1. The molecular weight excluding hydrogens is 774 g/mol. The van der Waals surface area contributed by atoms with Crippen LogP contribution in [0, 0.1) is 18.8 Å². The monoisotopic (exact) mass is 823 g/mol. The molecule has 2 atom stereocenters. The zero-order valence-corrected chi connectivity index (χ0v) is 32.4. The lowest BCUT2D eigenvalue weighted by molar-refractivity contribution is -0.231. The normalized spacial score (nSPS) is 21.0. The van der Waals surface area contributed by atoms with Gasteiger partial charge in [0.15, 0.2) is 5.82 Å². The summed E-state index contributed by atoms with van der Waals surface area (Å²) in [6.07, 6.45) is 4.95. The lowest BCUT2D eigenvalue weighted by Gasteiger charge is -2.33. The fourth-order valence-corrected chi connectivity index (χ4v) is 7.73. The Morgan fingerprint density at radius 2 is 1.54 bits per heavy atom. The lowest BCUT2D eigenvalue weighted by atomic mass is 9.81. The highest BCUT2D eigenvalue weighted by molar-refractivity contribution is 5.96. The SMILES string of the molecule is Cc1cc(C(=O)NC2CCC(O)CC2)ccc1-c1ccc(C[C@H](NC(O)C2CCC(CN)CC2)C(=O)Nc2ccc(-c3n[nH]c(C(F)(F)C(F)(F)C(=O)O)n3)cc2)cc1. The average molecular weight is 824 g/mol. The number of aryl methyl sites for hydroxylation is 1. The van der Waals surface area contributed by atoms with Crippen LogP contribution in [0.2, 0.25) is 0 Å². The second kappa shape index (κ2) is 18.4. The molecule has 1 aromatic heterocycles. The third kappa shape index (κ3) is 10.1. The maximum absolute atomic E-state index is 14.3. The van der Waals surface area contributed by atoms with Crippen LogP contribution in [0.1, 0.15) is 78.7 Å². The molecule has 59 heavy (non-hydrogen) atoms. The molecule has 1 heterocycles. The van der Waals surface area contributed by atoms with Gasteiger partial charge in [0.1, 0.15) is 6.23 Å². The maximum atomic E-state index is 14.3. The molecule has 0 aliphatic heterocycles. The van der Waals surface area contributed by atoms with Crippen LogP contribution in [-0.4, -0.2) is 85.2 Å². The smallest absolute Gasteiger partial charge is 0.411 e. The summed E-state index contributed by atoms with van der Waals surface area (Å²) in [4.78, 5) is 41.0.